The number of carbonyl (C=O) groups is 1. The number of halogens is 2. The van der Waals surface area contributed by atoms with E-state index in [0.29, 0.717) is 0 Å². The summed E-state index contributed by atoms with van der Waals surface area (Å²) in [5.41, 5.74) is 2.85. The maximum atomic E-state index is 12.2. The van der Waals surface area contributed by atoms with E-state index >= 15 is 0 Å². The monoisotopic (exact) mass is 291 g/mol. The van der Waals surface area contributed by atoms with Gasteiger partial charge in [-0.3, -0.25) is 4.79 Å². The summed E-state index contributed by atoms with van der Waals surface area (Å²) in [5.74, 6) is -0.411. The molecule has 0 aliphatic heterocycles. The fourth-order valence-electron chi connectivity index (χ4n) is 2.01. The zero-order chi connectivity index (χ0) is 15.4. The van der Waals surface area contributed by atoms with Crippen molar-refractivity contribution < 1.29 is 18.3 Å². The molecule has 0 fully saturated rings. The van der Waals surface area contributed by atoms with Gasteiger partial charge in [0.1, 0.15) is 5.75 Å². The van der Waals surface area contributed by atoms with E-state index in [4.69, 9.17) is 0 Å². The van der Waals surface area contributed by atoms with Crippen molar-refractivity contribution in [2.24, 2.45) is 0 Å². The molecule has 0 heterocycles. The molecular weight excluding hydrogens is 276 g/mol. The van der Waals surface area contributed by atoms with E-state index < -0.39 is 6.61 Å². The van der Waals surface area contributed by atoms with Crippen LogP contribution in [0.1, 0.15) is 21.5 Å². The Hall–Kier alpha value is -2.43. The summed E-state index contributed by atoms with van der Waals surface area (Å²) >= 11 is 0. The van der Waals surface area contributed by atoms with E-state index in [1.807, 2.05) is 32.0 Å². The number of para-hydroxylation sites is 1. The van der Waals surface area contributed by atoms with Crippen LogP contribution in [-0.4, -0.2) is 12.5 Å². The Labute approximate surface area is 121 Å². The zero-order valence-corrected chi connectivity index (χ0v) is 11.7. The minimum absolute atomic E-state index is 0.0424. The van der Waals surface area contributed by atoms with E-state index in [0.717, 1.165) is 16.8 Å². The van der Waals surface area contributed by atoms with Gasteiger partial charge in [0, 0.05) is 11.3 Å². The topological polar surface area (TPSA) is 38.3 Å². The van der Waals surface area contributed by atoms with Crippen LogP contribution in [0.4, 0.5) is 14.5 Å². The van der Waals surface area contributed by atoms with Crippen molar-refractivity contribution in [3.63, 3.8) is 0 Å². The van der Waals surface area contributed by atoms with Crippen LogP contribution >= 0.6 is 0 Å². The molecule has 3 nitrogen and oxygen atoms in total. The zero-order valence-electron chi connectivity index (χ0n) is 11.7. The van der Waals surface area contributed by atoms with Crippen molar-refractivity contribution >= 4 is 11.6 Å². The first-order valence-electron chi connectivity index (χ1n) is 6.40. The summed E-state index contributed by atoms with van der Waals surface area (Å²) in [7, 11) is 0. The Morgan fingerprint density at radius 2 is 1.71 bits per heavy atom. The quantitative estimate of drug-likeness (QED) is 0.918. The van der Waals surface area contributed by atoms with Gasteiger partial charge >= 0.3 is 6.61 Å². The Morgan fingerprint density at radius 1 is 1.10 bits per heavy atom. The molecular formula is C16H15F2NO2. The fourth-order valence-corrected chi connectivity index (χ4v) is 2.01. The molecule has 0 atom stereocenters. The van der Waals surface area contributed by atoms with E-state index in [9.17, 15) is 13.6 Å². The molecule has 2 rings (SSSR count). The fraction of sp³-hybridized carbons (Fsp3) is 0.188. The van der Waals surface area contributed by atoms with Gasteiger partial charge in [0.2, 0.25) is 0 Å². The molecule has 21 heavy (non-hydrogen) atoms. The SMILES string of the molecule is Cc1cccc(C)c1NC(=O)c1cccc(OC(F)F)c1. The molecule has 5 heteroatoms. The van der Waals surface area contributed by atoms with Crippen LogP contribution in [0, 0.1) is 13.8 Å². The molecule has 0 radical (unpaired) electrons. The highest BCUT2D eigenvalue weighted by Crippen LogP contribution is 2.21. The van der Waals surface area contributed by atoms with Gasteiger partial charge in [-0.15, -0.1) is 0 Å². The van der Waals surface area contributed by atoms with Crippen molar-refractivity contribution in [3.8, 4) is 5.75 Å². The Bertz CT molecular complexity index is 636. The van der Waals surface area contributed by atoms with E-state index in [1.165, 1.54) is 18.2 Å². The standard InChI is InChI=1S/C16H15F2NO2/c1-10-5-3-6-11(2)14(10)19-15(20)12-7-4-8-13(9-12)21-16(17)18/h3-9,16H,1-2H3,(H,19,20). The molecule has 0 unspecified atom stereocenters. The van der Waals surface area contributed by atoms with Crippen LogP contribution < -0.4 is 10.1 Å². The maximum absolute atomic E-state index is 12.2. The average Bonchev–Trinajstić information content (AvgIpc) is 2.42. The molecule has 0 aliphatic carbocycles. The Kier molecular flexibility index (Phi) is 4.52. The second-order valence-electron chi connectivity index (χ2n) is 4.63. The number of amides is 1. The molecule has 0 aliphatic rings. The third-order valence-corrected chi connectivity index (χ3v) is 3.04. The van der Waals surface area contributed by atoms with Gasteiger partial charge in [0.05, 0.1) is 0 Å². The molecule has 0 saturated carbocycles. The third kappa shape index (κ3) is 3.78. The minimum atomic E-state index is -2.91. The van der Waals surface area contributed by atoms with Crippen LogP contribution in [0.3, 0.4) is 0 Å². The predicted molar refractivity (Wildman–Crippen MR) is 76.9 cm³/mol. The summed E-state index contributed by atoms with van der Waals surface area (Å²) in [4.78, 5) is 12.2. The van der Waals surface area contributed by atoms with Crippen molar-refractivity contribution in [1.29, 1.82) is 0 Å². The first kappa shape index (κ1) is 15.0. The highest BCUT2D eigenvalue weighted by atomic mass is 19.3. The number of alkyl halides is 2. The highest BCUT2D eigenvalue weighted by molar-refractivity contribution is 6.05. The Morgan fingerprint density at radius 3 is 2.33 bits per heavy atom. The molecule has 2 aromatic carbocycles. The number of hydrogen-bond acceptors (Lipinski definition) is 2. The van der Waals surface area contributed by atoms with Crippen LogP contribution in [0.15, 0.2) is 42.5 Å². The number of benzene rings is 2. The number of anilines is 1. The number of ether oxygens (including phenoxy) is 1. The number of carbonyl (C=O) groups excluding carboxylic acids is 1. The molecule has 0 saturated heterocycles. The number of hydrogen-bond donors (Lipinski definition) is 1. The van der Waals surface area contributed by atoms with E-state index in [1.54, 1.807) is 6.07 Å². The van der Waals surface area contributed by atoms with E-state index in [2.05, 4.69) is 10.1 Å². The van der Waals surface area contributed by atoms with Crippen LogP contribution in [0.5, 0.6) is 5.75 Å². The highest BCUT2D eigenvalue weighted by Gasteiger charge is 2.11. The summed E-state index contributed by atoms with van der Waals surface area (Å²) in [6, 6.07) is 11.4. The lowest BCUT2D eigenvalue weighted by atomic mass is 10.1. The largest absolute Gasteiger partial charge is 0.435 e. The average molecular weight is 291 g/mol. The molecule has 110 valence electrons. The second-order valence-corrected chi connectivity index (χ2v) is 4.63. The van der Waals surface area contributed by atoms with Gasteiger partial charge in [-0.1, -0.05) is 24.3 Å². The van der Waals surface area contributed by atoms with Gasteiger partial charge in [-0.05, 0) is 43.2 Å². The summed E-state index contributed by atoms with van der Waals surface area (Å²) < 4.78 is 28.7. The predicted octanol–water partition coefficient (Wildman–Crippen LogP) is 4.16. The normalized spacial score (nSPS) is 10.5. The lowest BCUT2D eigenvalue weighted by molar-refractivity contribution is -0.0498. The molecule has 0 spiro atoms. The number of nitrogens with one attached hydrogen (secondary N) is 1. The van der Waals surface area contributed by atoms with Crippen LogP contribution in [0.25, 0.3) is 0 Å². The first-order chi connectivity index (χ1) is 9.97. The van der Waals surface area contributed by atoms with Crippen LogP contribution in [-0.2, 0) is 0 Å². The summed E-state index contributed by atoms with van der Waals surface area (Å²) in [6.07, 6.45) is 0. The second kappa shape index (κ2) is 6.35. The first-order valence-corrected chi connectivity index (χ1v) is 6.40. The van der Waals surface area contributed by atoms with Crippen molar-refractivity contribution in [2.45, 2.75) is 20.5 Å². The molecule has 1 amide bonds. The van der Waals surface area contributed by atoms with Gasteiger partial charge < -0.3 is 10.1 Å². The lowest BCUT2D eigenvalue weighted by Gasteiger charge is -2.12. The van der Waals surface area contributed by atoms with Gasteiger partial charge in [-0.2, -0.15) is 8.78 Å². The van der Waals surface area contributed by atoms with Gasteiger partial charge in [-0.25, -0.2) is 0 Å². The van der Waals surface area contributed by atoms with Crippen molar-refractivity contribution in [1.82, 2.24) is 0 Å². The van der Waals surface area contributed by atoms with Gasteiger partial charge in [0.15, 0.2) is 0 Å². The third-order valence-electron chi connectivity index (χ3n) is 3.04. The number of aryl methyl sites for hydroxylation is 2. The van der Waals surface area contributed by atoms with Crippen LogP contribution in [0.2, 0.25) is 0 Å². The summed E-state index contributed by atoms with van der Waals surface area (Å²) in [5, 5.41) is 2.79. The van der Waals surface area contributed by atoms with Crippen molar-refractivity contribution in [3.05, 3.63) is 59.2 Å². The van der Waals surface area contributed by atoms with E-state index in [-0.39, 0.29) is 17.2 Å². The molecule has 1 N–H and O–H groups in total. The lowest BCUT2D eigenvalue weighted by Crippen LogP contribution is -2.14. The Balaban J connectivity index is 2.21. The molecule has 0 aromatic heterocycles. The smallest absolute Gasteiger partial charge is 0.387 e. The minimum Gasteiger partial charge on any atom is -0.435 e. The molecule has 2 aromatic rings. The number of rotatable bonds is 4. The van der Waals surface area contributed by atoms with Gasteiger partial charge in [0.25, 0.3) is 5.91 Å². The van der Waals surface area contributed by atoms with Crippen molar-refractivity contribution in [2.75, 3.05) is 5.32 Å². The molecule has 0 bridgehead atoms. The summed E-state index contributed by atoms with van der Waals surface area (Å²) in [6.45, 7) is 0.861. The maximum Gasteiger partial charge on any atom is 0.387 e.